The number of halogens is 2. The molecule has 7 amide bonds. The molecule has 17 N–H and O–H groups in total. The van der Waals surface area contributed by atoms with Crippen LogP contribution in [0.4, 0.5) is 0 Å². The van der Waals surface area contributed by atoms with Crippen LogP contribution in [0.3, 0.4) is 0 Å². The molecule has 27 heteroatoms. The Labute approximate surface area is 474 Å². The van der Waals surface area contributed by atoms with Crippen molar-refractivity contribution in [1.29, 1.82) is 0 Å². The molecule has 1 aromatic rings. The number of benzene rings is 1. The third-order valence-corrected chi connectivity index (χ3v) is 14.8. The molecule has 2 unspecified atom stereocenters. The minimum absolute atomic E-state index is 0. The first-order valence-electron chi connectivity index (χ1n) is 27.2. The summed E-state index contributed by atoms with van der Waals surface area (Å²) in [5, 5.41) is 101. The van der Waals surface area contributed by atoms with E-state index in [0.29, 0.717) is 24.7 Å². The lowest BCUT2D eigenvalue weighted by Gasteiger charge is -2.35. The molecule has 3 fully saturated rings. The Bertz CT molecular complexity index is 2090. The van der Waals surface area contributed by atoms with E-state index in [1.54, 1.807) is 0 Å². The molecule has 79 heavy (non-hydrogen) atoms. The van der Waals surface area contributed by atoms with E-state index in [4.69, 9.17) is 16.2 Å². The van der Waals surface area contributed by atoms with Gasteiger partial charge in [0.15, 0.2) is 6.23 Å². The second-order valence-corrected chi connectivity index (χ2v) is 21.1. The lowest BCUT2D eigenvalue weighted by Crippen LogP contribution is -2.64. The van der Waals surface area contributed by atoms with Crippen LogP contribution >= 0.6 is 24.8 Å². The number of carbonyl (C=O) groups excluding carboxylic acids is 7. The topological polar surface area (TPSA) is 409 Å². The molecular weight excluding hydrogens is 1080 g/mol. The van der Waals surface area contributed by atoms with E-state index in [1.807, 2.05) is 0 Å². The van der Waals surface area contributed by atoms with Gasteiger partial charge in [0.05, 0.1) is 31.0 Å². The third-order valence-electron chi connectivity index (χ3n) is 14.8. The molecule has 0 aliphatic carbocycles. The van der Waals surface area contributed by atoms with Crippen molar-refractivity contribution in [3.05, 3.63) is 29.8 Å². The number of carbonyl (C=O) groups is 7. The number of unbranched alkanes of at least 4 members (excludes halogenated alkanes) is 5. The van der Waals surface area contributed by atoms with Gasteiger partial charge in [-0.2, -0.15) is 0 Å². The maximum Gasteiger partial charge on any atom is 0.248 e. The van der Waals surface area contributed by atoms with Crippen LogP contribution in [0.15, 0.2) is 24.3 Å². The second-order valence-electron chi connectivity index (χ2n) is 21.1. The number of fused-ring (bicyclic) bond motifs is 2. The van der Waals surface area contributed by atoms with E-state index in [1.165, 1.54) is 30.7 Å². The van der Waals surface area contributed by atoms with Gasteiger partial charge in [0.25, 0.3) is 0 Å². The number of phenolic OH excluding ortho intramolecular Hbond substituents is 1. The molecule has 3 heterocycles. The standard InChI is InChI=1S/C52H87N9O16.2ClH/c1-5-28(2)24-29(3)12-10-8-6-7-9-11-13-39(68)55-34-26-38(67)50(77-23-21-54)59-49(74)43-37(66)19-22-60(43)52(76)41(36(65)18-20-53)57-48(73)42(45(70)44(69)31-14-16-32(63)17-15-31)58-47(72)35-25-33(64)27-61(35)51(75)40(30(4)62)56-46(34)71;;/h14-17,28-30,33-38,40-45,50,62-67,69-70H,5-13,18-27,53-54H2,1-4H3,(H,55,68)(H,56,71)(H,57,73)(H,58,72)(H,59,74);2*1H/t28?,29?,30-,33-,34-,35+,36-,37+,38+,40+,41+,42+,43+,44+,45+,50-;;/m1../s1. The zero-order chi connectivity index (χ0) is 57.1. The van der Waals surface area contributed by atoms with E-state index < -0.39 is 146 Å². The summed E-state index contributed by atoms with van der Waals surface area (Å²) in [6.45, 7) is 6.32. The lowest BCUT2D eigenvalue weighted by atomic mass is 9.91. The number of phenols is 1. The number of aromatic hydroxyl groups is 1. The van der Waals surface area contributed by atoms with Gasteiger partial charge in [0, 0.05) is 38.9 Å². The van der Waals surface area contributed by atoms with Gasteiger partial charge in [0.2, 0.25) is 41.4 Å². The summed E-state index contributed by atoms with van der Waals surface area (Å²) in [4.78, 5) is 102. The summed E-state index contributed by atoms with van der Waals surface area (Å²) in [5.74, 6) is -6.60. The first-order chi connectivity index (χ1) is 36.5. The van der Waals surface area contributed by atoms with Crippen molar-refractivity contribution in [2.45, 2.75) is 203 Å². The number of aliphatic hydroxyl groups is 7. The summed E-state index contributed by atoms with van der Waals surface area (Å²) < 4.78 is 5.73. The number of rotatable bonds is 23. The fraction of sp³-hybridized carbons (Fsp3) is 0.750. The highest BCUT2D eigenvalue weighted by Crippen LogP contribution is 2.27. The fourth-order valence-electron chi connectivity index (χ4n) is 10.1. The van der Waals surface area contributed by atoms with Crippen molar-refractivity contribution in [1.82, 2.24) is 36.4 Å². The van der Waals surface area contributed by atoms with Gasteiger partial charge in [-0.15, -0.1) is 24.8 Å². The van der Waals surface area contributed by atoms with Crippen LogP contribution < -0.4 is 38.1 Å². The summed E-state index contributed by atoms with van der Waals surface area (Å²) >= 11 is 0. The molecule has 16 atom stereocenters. The number of nitrogens with two attached hydrogens (primary N) is 2. The van der Waals surface area contributed by atoms with Crippen molar-refractivity contribution in [2.75, 3.05) is 32.8 Å². The molecular formula is C52H89Cl2N9O16. The monoisotopic (exact) mass is 1170 g/mol. The lowest BCUT2D eigenvalue weighted by molar-refractivity contribution is -0.149. The highest BCUT2D eigenvalue weighted by atomic mass is 35.5. The van der Waals surface area contributed by atoms with Crippen LogP contribution in [0.2, 0.25) is 0 Å². The first kappa shape index (κ1) is 70.6. The number of ether oxygens (including phenoxy) is 1. The van der Waals surface area contributed by atoms with Crippen LogP contribution in [-0.4, -0.2) is 204 Å². The van der Waals surface area contributed by atoms with Crippen molar-refractivity contribution >= 4 is 66.2 Å². The van der Waals surface area contributed by atoms with Gasteiger partial charge in [-0.1, -0.05) is 77.8 Å². The fourth-order valence-corrected chi connectivity index (χ4v) is 10.1. The van der Waals surface area contributed by atoms with E-state index in [2.05, 4.69) is 47.4 Å². The highest BCUT2D eigenvalue weighted by molar-refractivity contribution is 5.98. The molecule has 3 aliphatic heterocycles. The van der Waals surface area contributed by atoms with Crippen molar-refractivity contribution in [3.8, 4) is 5.75 Å². The van der Waals surface area contributed by atoms with E-state index >= 15 is 0 Å². The van der Waals surface area contributed by atoms with Crippen LogP contribution in [0.25, 0.3) is 0 Å². The van der Waals surface area contributed by atoms with Crippen LogP contribution in [0.1, 0.15) is 129 Å². The molecule has 3 aliphatic rings. The Morgan fingerprint density at radius 3 is 1.95 bits per heavy atom. The molecule has 452 valence electrons. The number of aliphatic hydroxyl groups excluding tert-OH is 7. The maximum atomic E-state index is 14.6. The summed E-state index contributed by atoms with van der Waals surface area (Å²) in [6.07, 6.45) is -7.55. The minimum Gasteiger partial charge on any atom is -0.508 e. The second kappa shape index (κ2) is 34.7. The predicted molar refractivity (Wildman–Crippen MR) is 293 cm³/mol. The number of nitrogens with one attached hydrogen (secondary N) is 5. The first-order valence-corrected chi connectivity index (χ1v) is 27.2. The molecule has 3 saturated heterocycles. The Morgan fingerprint density at radius 2 is 1.33 bits per heavy atom. The van der Waals surface area contributed by atoms with E-state index in [9.17, 15) is 74.4 Å². The van der Waals surface area contributed by atoms with Crippen molar-refractivity contribution in [2.24, 2.45) is 23.3 Å². The number of amides is 7. The molecule has 1 aromatic carbocycles. The predicted octanol–water partition coefficient (Wildman–Crippen LogP) is -2.04. The van der Waals surface area contributed by atoms with Gasteiger partial charge in [-0.05, 0) is 68.7 Å². The van der Waals surface area contributed by atoms with Crippen molar-refractivity contribution < 1.29 is 79.2 Å². The van der Waals surface area contributed by atoms with Crippen LogP contribution in [-0.2, 0) is 38.3 Å². The van der Waals surface area contributed by atoms with Gasteiger partial charge in [0.1, 0.15) is 60.3 Å². The van der Waals surface area contributed by atoms with Gasteiger partial charge in [-0.3, -0.25) is 33.6 Å². The number of hydrogen-bond donors (Lipinski definition) is 15. The largest absolute Gasteiger partial charge is 0.508 e. The molecule has 0 spiro atoms. The number of nitrogens with zero attached hydrogens (tertiary/aromatic N) is 2. The average molecular weight is 1170 g/mol. The summed E-state index contributed by atoms with van der Waals surface area (Å²) in [5.41, 5.74) is 11.4. The van der Waals surface area contributed by atoms with Crippen LogP contribution in [0.5, 0.6) is 5.75 Å². The third kappa shape index (κ3) is 20.8. The Morgan fingerprint density at radius 1 is 0.722 bits per heavy atom. The van der Waals surface area contributed by atoms with E-state index in [-0.39, 0.29) is 81.6 Å². The van der Waals surface area contributed by atoms with Crippen LogP contribution in [0, 0.1) is 11.8 Å². The van der Waals surface area contributed by atoms with Gasteiger partial charge >= 0.3 is 0 Å². The van der Waals surface area contributed by atoms with Gasteiger partial charge < -0.3 is 93.4 Å². The van der Waals surface area contributed by atoms with Gasteiger partial charge in [-0.25, -0.2) is 0 Å². The van der Waals surface area contributed by atoms with E-state index in [0.717, 1.165) is 55.2 Å². The highest BCUT2D eigenvalue weighted by Gasteiger charge is 2.49. The smallest absolute Gasteiger partial charge is 0.248 e. The Kier molecular flexibility index (Phi) is 31.0. The quantitative estimate of drug-likeness (QED) is 0.0525. The SMILES string of the molecule is CCC(C)CC(C)CCCCCCCCC(=O)N[C@@H]1C[C@H](O)[C@@H](OCCN)NC(=O)[C@@H]2[C@@H](O)CCN2C(=O)[C@H]([C@H](O)CCN)NC(=O)[C@H]([C@H](O)[C@@H](O)c2ccc(O)cc2)NC(=O)[C@@H]2C[C@@H](O)CN2C(=O)[C@H]([C@@H](C)O)NC1=O.Cl.Cl. The Balaban J connectivity index is 0.0000107. The molecule has 25 nitrogen and oxygen atoms in total. The summed E-state index contributed by atoms with van der Waals surface area (Å²) in [6, 6.07) is -6.54. The zero-order valence-corrected chi connectivity index (χ0v) is 47.3. The molecule has 0 bridgehead atoms. The molecule has 0 aromatic heterocycles. The summed E-state index contributed by atoms with van der Waals surface area (Å²) in [7, 11) is 0. The normalized spacial score (nSPS) is 27.9. The molecule has 0 radical (unpaired) electrons. The molecule has 4 rings (SSSR count). The minimum atomic E-state index is -2.29. The van der Waals surface area contributed by atoms with Crippen molar-refractivity contribution in [3.63, 3.8) is 0 Å². The average Bonchev–Trinajstić information content (AvgIpc) is 3.99. The maximum absolute atomic E-state index is 14.6. The zero-order valence-electron chi connectivity index (χ0n) is 45.7. The molecule has 0 saturated carbocycles. The Hall–Kier alpha value is -4.51. The number of hydrogen-bond acceptors (Lipinski definition) is 18.